The Kier molecular flexibility index (Phi) is 11.1. The highest BCUT2D eigenvalue weighted by atomic mass is 19.1. The van der Waals surface area contributed by atoms with Gasteiger partial charge in [0.1, 0.15) is 5.75 Å². The summed E-state index contributed by atoms with van der Waals surface area (Å²) in [5.74, 6) is -1.35. The molecule has 4 rings (SSSR count). The zero-order chi connectivity index (χ0) is 31.3. The molecule has 2 N–H and O–H groups in total. The van der Waals surface area contributed by atoms with Gasteiger partial charge in [-0.15, -0.1) is 0 Å². The van der Waals surface area contributed by atoms with E-state index in [1.54, 1.807) is 36.8 Å². The predicted molar refractivity (Wildman–Crippen MR) is 163 cm³/mol. The second kappa shape index (κ2) is 14.3. The minimum Gasteiger partial charge on any atom is -0.476 e. The van der Waals surface area contributed by atoms with Gasteiger partial charge in [0.05, 0.1) is 35.9 Å². The third-order valence-electron chi connectivity index (χ3n) is 8.28. The molecule has 240 valence electrons. The lowest BCUT2D eigenvalue weighted by Gasteiger charge is -2.40. The molecule has 2 aliphatic heterocycles. The van der Waals surface area contributed by atoms with Crippen LogP contribution in [-0.2, 0) is 23.9 Å². The fraction of sp³-hybridized carbons (Fsp3) is 0.719. The molecule has 2 heterocycles. The van der Waals surface area contributed by atoms with Crippen molar-refractivity contribution in [2.45, 2.75) is 84.4 Å². The average Bonchev–Trinajstić information content (AvgIpc) is 3.79. The summed E-state index contributed by atoms with van der Waals surface area (Å²) < 4.78 is 32.5. The Hall–Kier alpha value is -2.76. The van der Waals surface area contributed by atoms with Crippen LogP contribution in [0.1, 0.15) is 66.7 Å². The third-order valence-corrected chi connectivity index (χ3v) is 8.28. The Balaban J connectivity index is 1.55. The minimum absolute atomic E-state index is 0.0988. The minimum atomic E-state index is -1.15. The molecule has 1 aliphatic carbocycles. The summed E-state index contributed by atoms with van der Waals surface area (Å²) in [4.78, 5) is 43.9. The number of hydrogen-bond acceptors (Lipinski definition) is 7. The fourth-order valence-electron chi connectivity index (χ4n) is 6.02. The number of nitrogens with one attached hydrogen (secondary N) is 2. The zero-order valence-electron chi connectivity index (χ0n) is 26.5. The van der Waals surface area contributed by atoms with Crippen LogP contribution in [0.2, 0.25) is 0 Å². The fourth-order valence-corrected chi connectivity index (χ4v) is 6.02. The van der Waals surface area contributed by atoms with E-state index in [1.165, 1.54) is 6.07 Å². The van der Waals surface area contributed by atoms with Crippen LogP contribution in [0.3, 0.4) is 0 Å². The van der Waals surface area contributed by atoms with Gasteiger partial charge in [-0.2, -0.15) is 0 Å². The number of nitrogens with zero attached hydrogens (tertiary/aromatic N) is 2. The molecule has 1 saturated heterocycles. The Morgan fingerprint density at radius 2 is 1.95 bits per heavy atom. The summed E-state index contributed by atoms with van der Waals surface area (Å²) in [5.41, 5.74) is -0.570. The van der Waals surface area contributed by atoms with Crippen LogP contribution in [0.15, 0.2) is 12.1 Å². The van der Waals surface area contributed by atoms with E-state index in [0.29, 0.717) is 63.9 Å². The monoisotopic (exact) mass is 604 g/mol. The summed E-state index contributed by atoms with van der Waals surface area (Å²) >= 11 is 0. The Morgan fingerprint density at radius 1 is 1.23 bits per heavy atom. The van der Waals surface area contributed by atoms with Crippen LogP contribution in [0.25, 0.3) is 0 Å². The summed E-state index contributed by atoms with van der Waals surface area (Å²) in [7, 11) is 1.60. The van der Waals surface area contributed by atoms with E-state index in [0.717, 1.165) is 19.3 Å². The van der Waals surface area contributed by atoms with Gasteiger partial charge in [0.15, 0.2) is 11.4 Å². The second-order valence-electron chi connectivity index (χ2n) is 12.9. The third kappa shape index (κ3) is 8.05. The molecule has 0 unspecified atom stereocenters. The molecule has 1 aromatic rings. The molecule has 10 nitrogen and oxygen atoms in total. The van der Waals surface area contributed by atoms with Gasteiger partial charge in [0.2, 0.25) is 11.8 Å². The number of methoxy groups -OCH3 is 1. The van der Waals surface area contributed by atoms with Crippen molar-refractivity contribution in [3.05, 3.63) is 17.9 Å². The molecule has 3 aliphatic rings. The van der Waals surface area contributed by atoms with E-state index in [9.17, 15) is 14.4 Å². The van der Waals surface area contributed by atoms with Crippen molar-refractivity contribution in [2.75, 3.05) is 56.4 Å². The maximum Gasteiger partial charge on any atom is 0.270 e. The second-order valence-corrected chi connectivity index (χ2v) is 12.9. The Morgan fingerprint density at radius 3 is 2.60 bits per heavy atom. The van der Waals surface area contributed by atoms with Gasteiger partial charge in [-0.05, 0) is 64.9 Å². The molecule has 43 heavy (non-hydrogen) atoms. The van der Waals surface area contributed by atoms with E-state index < -0.39 is 23.3 Å². The van der Waals surface area contributed by atoms with E-state index in [-0.39, 0.29) is 41.2 Å². The summed E-state index contributed by atoms with van der Waals surface area (Å²) in [5, 5.41) is 6.41. The number of carbonyl (C=O) groups is 3. The topological polar surface area (TPSA) is 109 Å². The van der Waals surface area contributed by atoms with E-state index in [1.807, 2.05) is 6.92 Å². The lowest BCUT2D eigenvalue weighted by Crippen LogP contribution is -2.53. The van der Waals surface area contributed by atoms with E-state index >= 15 is 4.39 Å². The molecule has 11 heteroatoms. The van der Waals surface area contributed by atoms with Crippen molar-refractivity contribution in [1.82, 2.24) is 10.6 Å². The van der Waals surface area contributed by atoms with Gasteiger partial charge in [-0.3, -0.25) is 14.4 Å². The van der Waals surface area contributed by atoms with Crippen LogP contribution in [0.5, 0.6) is 5.75 Å². The van der Waals surface area contributed by atoms with Crippen LogP contribution in [0, 0.1) is 23.6 Å². The number of amides is 3. The standard InChI is InChI=1S/C32H49FN4O6/c1-7-42-19-23(13-20(2)3)35-29(38)21-14-22(18-34-17-21)30(39)37(24-9-10-24)26-16-27-28(15-25(26)33)43-32(4,5)31(40)36(27)11-8-12-41-6/h15-16,20-24,34H,7-14,17-19H2,1-6H3,(H,35,38)/t21-,22+,23+/m0/s1. The van der Waals surface area contributed by atoms with Crippen molar-refractivity contribution in [3.63, 3.8) is 0 Å². The van der Waals surface area contributed by atoms with E-state index in [2.05, 4.69) is 24.5 Å². The maximum atomic E-state index is 15.8. The molecule has 0 aromatic heterocycles. The van der Waals surface area contributed by atoms with Gasteiger partial charge in [0.25, 0.3) is 5.91 Å². The van der Waals surface area contributed by atoms with E-state index in [4.69, 9.17) is 14.2 Å². The molecule has 0 bridgehead atoms. The van der Waals surface area contributed by atoms with Gasteiger partial charge in [0, 0.05) is 52.1 Å². The highest BCUT2D eigenvalue weighted by Gasteiger charge is 2.44. The quantitative estimate of drug-likeness (QED) is 0.312. The zero-order valence-corrected chi connectivity index (χ0v) is 26.5. The first-order valence-corrected chi connectivity index (χ1v) is 15.7. The van der Waals surface area contributed by atoms with Crippen LogP contribution in [-0.4, -0.2) is 82.0 Å². The number of fused-ring (bicyclic) bond motifs is 1. The highest BCUT2D eigenvalue weighted by Crippen LogP contribution is 2.44. The first kappa shape index (κ1) is 33.1. The highest BCUT2D eigenvalue weighted by molar-refractivity contribution is 6.04. The van der Waals surface area contributed by atoms with Crippen LogP contribution < -0.4 is 25.2 Å². The Labute approximate surface area is 255 Å². The average molecular weight is 605 g/mol. The first-order chi connectivity index (χ1) is 20.5. The number of piperidine rings is 1. The van der Waals surface area contributed by atoms with Crippen molar-refractivity contribution in [3.8, 4) is 5.75 Å². The molecular weight excluding hydrogens is 555 g/mol. The van der Waals surface area contributed by atoms with Gasteiger partial charge >= 0.3 is 0 Å². The Bertz CT molecular complexity index is 1160. The van der Waals surface area contributed by atoms with Crippen LogP contribution >= 0.6 is 0 Å². The SMILES string of the molecule is CCOC[C@@H](CC(C)C)NC(=O)[C@@H]1CNC[C@H](C(=O)N(c2cc3c(cc2F)OC(C)(C)C(=O)N3CCCOC)C2CC2)C1. The van der Waals surface area contributed by atoms with Crippen LogP contribution in [0.4, 0.5) is 15.8 Å². The largest absolute Gasteiger partial charge is 0.476 e. The van der Waals surface area contributed by atoms with Crippen molar-refractivity contribution < 1.29 is 33.0 Å². The van der Waals surface area contributed by atoms with Gasteiger partial charge < -0.3 is 34.6 Å². The lowest BCUT2D eigenvalue weighted by molar-refractivity contribution is -0.132. The molecule has 0 radical (unpaired) electrons. The molecule has 1 aromatic carbocycles. The normalized spacial score (nSPS) is 22.1. The predicted octanol–water partition coefficient (Wildman–Crippen LogP) is 3.65. The number of ether oxygens (including phenoxy) is 3. The number of anilines is 2. The molecular formula is C32H49FN4O6. The smallest absolute Gasteiger partial charge is 0.270 e. The molecule has 1 saturated carbocycles. The maximum absolute atomic E-state index is 15.8. The number of halogens is 1. The number of carbonyl (C=O) groups excluding carboxylic acids is 3. The van der Waals surface area contributed by atoms with Crippen molar-refractivity contribution >= 4 is 29.1 Å². The summed E-state index contributed by atoms with van der Waals surface area (Å²) in [6, 6.07) is 2.63. The lowest BCUT2D eigenvalue weighted by atomic mass is 9.88. The molecule has 0 spiro atoms. The van der Waals surface area contributed by atoms with Gasteiger partial charge in [-0.25, -0.2) is 4.39 Å². The summed E-state index contributed by atoms with van der Waals surface area (Å²) in [6.45, 7) is 12.2. The van der Waals surface area contributed by atoms with Gasteiger partial charge in [-0.1, -0.05) is 13.8 Å². The number of rotatable bonds is 14. The number of hydrogen-bond donors (Lipinski definition) is 2. The van der Waals surface area contributed by atoms with Crippen molar-refractivity contribution in [1.29, 1.82) is 0 Å². The molecule has 3 amide bonds. The molecule has 2 fully saturated rings. The van der Waals surface area contributed by atoms with Crippen molar-refractivity contribution in [2.24, 2.45) is 17.8 Å². The molecule has 3 atom stereocenters. The summed E-state index contributed by atoms with van der Waals surface area (Å²) in [6.07, 6.45) is 3.29. The first-order valence-electron chi connectivity index (χ1n) is 15.7. The number of benzene rings is 1.